The summed E-state index contributed by atoms with van der Waals surface area (Å²) in [5.74, 6) is -1.20. The molecular weight excluding hydrogens is 242 g/mol. The maximum atomic E-state index is 13.2. The van der Waals surface area contributed by atoms with E-state index in [1.54, 1.807) is 6.07 Å². The predicted molar refractivity (Wildman–Crippen MR) is 63.9 cm³/mol. The Hall–Kier alpha value is -1.49. The van der Waals surface area contributed by atoms with Crippen molar-refractivity contribution in [3.63, 3.8) is 0 Å². The Balaban J connectivity index is 2.10. The van der Waals surface area contributed by atoms with Gasteiger partial charge in [-0.25, -0.2) is 13.8 Å². The fourth-order valence-corrected chi connectivity index (χ4v) is 2.85. The van der Waals surface area contributed by atoms with Crippen LogP contribution in [0, 0.1) is 11.6 Å². The fraction of sp³-hybridized carbons (Fsp3) is 0.250. The minimum atomic E-state index is -0.851. The van der Waals surface area contributed by atoms with Crippen molar-refractivity contribution in [1.29, 1.82) is 0 Å². The van der Waals surface area contributed by atoms with Crippen LogP contribution >= 0.6 is 11.3 Å². The number of rotatable bonds is 2. The first-order chi connectivity index (χ1) is 8.15. The van der Waals surface area contributed by atoms with E-state index in [1.165, 1.54) is 17.4 Å². The topological polar surface area (TPSA) is 38.9 Å². The molecule has 2 aromatic rings. The number of nitrogen functional groups attached to an aromatic ring is 1. The Kier molecular flexibility index (Phi) is 2.36. The second-order valence-electron chi connectivity index (χ2n) is 4.17. The van der Waals surface area contributed by atoms with E-state index >= 15 is 0 Å². The number of hydrogen-bond donors (Lipinski definition) is 1. The van der Waals surface area contributed by atoms with Crippen LogP contribution < -0.4 is 5.73 Å². The second-order valence-corrected chi connectivity index (χ2v) is 5.23. The van der Waals surface area contributed by atoms with Crippen molar-refractivity contribution < 1.29 is 8.78 Å². The zero-order chi connectivity index (χ0) is 12.0. The van der Waals surface area contributed by atoms with E-state index in [2.05, 4.69) is 4.98 Å². The highest BCUT2D eigenvalue weighted by Crippen LogP contribution is 2.47. The number of halogens is 2. The van der Waals surface area contributed by atoms with Gasteiger partial charge in [-0.2, -0.15) is 0 Å². The second kappa shape index (κ2) is 3.77. The van der Waals surface area contributed by atoms with Crippen molar-refractivity contribution in [2.45, 2.75) is 18.8 Å². The van der Waals surface area contributed by atoms with Crippen LogP contribution in [0.4, 0.5) is 13.9 Å². The van der Waals surface area contributed by atoms with Crippen LogP contribution in [0.25, 0.3) is 11.3 Å². The highest BCUT2D eigenvalue weighted by Gasteiger charge is 2.29. The molecule has 1 aliphatic carbocycles. The van der Waals surface area contributed by atoms with Crippen LogP contribution in [0.5, 0.6) is 0 Å². The lowest BCUT2D eigenvalue weighted by atomic mass is 10.1. The predicted octanol–water partition coefficient (Wildman–Crippen LogP) is 3.55. The SMILES string of the molecule is Nc1nc(-c2ccc(F)c(F)c2)c(C2CC2)s1. The molecular formula is C12H10F2N2S. The number of anilines is 1. The molecule has 5 heteroatoms. The third-order valence-corrected chi connectivity index (χ3v) is 3.86. The van der Waals surface area contributed by atoms with E-state index < -0.39 is 11.6 Å². The van der Waals surface area contributed by atoms with Crippen LogP contribution in [-0.2, 0) is 0 Å². The van der Waals surface area contributed by atoms with E-state index in [-0.39, 0.29) is 0 Å². The Labute approximate surface area is 101 Å². The average molecular weight is 252 g/mol. The molecule has 2 N–H and O–H groups in total. The molecule has 2 nitrogen and oxygen atoms in total. The lowest BCUT2D eigenvalue weighted by Crippen LogP contribution is -1.89. The quantitative estimate of drug-likeness (QED) is 0.887. The van der Waals surface area contributed by atoms with Crippen LogP contribution in [0.2, 0.25) is 0 Å². The molecule has 1 fully saturated rings. The maximum Gasteiger partial charge on any atom is 0.180 e. The zero-order valence-corrected chi connectivity index (χ0v) is 9.73. The van der Waals surface area contributed by atoms with Gasteiger partial charge >= 0.3 is 0 Å². The summed E-state index contributed by atoms with van der Waals surface area (Å²) in [4.78, 5) is 5.31. The third-order valence-electron chi connectivity index (χ3n) is 2.81. The monoisotopic (exact) mass is 252 g/mol. The van der Waals surface area contributed by atoms with Gasteiger partial charge in [0.25, 0.3) is 0 Å². The van der Waals surface area contributed by atoms with Gasteiger partial charge < -0.3 is 5.73 Å². The molecule has 0 spiro atoms. The standard InChI is InChI=1S/C12H10F2N2S/c13-8-4-3-7(5-9(8)14)10-11(6-1-2-6)17-12(15)16-10/h3-6H,1-2H2,(H2,15,16). The minimum Gasteiger partial charge on any atom is -0.375 e. The van der Waals surface area contributed by atoms with Gasteiger partial charge in [0.05, 0.1) is 5.69 Å². The van der Waals surface area contributed by atoms with Gasteiger partial charge in [-0.3, -0.25) is 0 Å². The Morgan fingerprint density at radius 2 is 2.00 bits per heavy atom. The Morgan fingerprint density at radius 1 is 1.24 bits per heavy atom. The van der Waals surface area contributed by atoms with Gasteiger partial charge in [-0.05, 0) is 37.0 Å². The summed E-state index contributed by atoms with van der Waals surface area (Å²) >= 11 is 1.44. The van der Waals surface area contributed by atoms with E-state index in [1.807, 2.05) is 0 Å². The maximum absolute atomic E-state index is 13.2. The van der Waals surface area contributed by atoms with Crippen LogP contribution in [0.15, 0.2) is 18.2 Å². The number of nitrogens with two attached hydrogens (primary N) is 1. The molecule has 0 radical (unpaired) electrons. The summed E-state index contributed by atoms with van der Waals surface area (Å²) in [6, 6.07) is 3.84. The van der Waals surface area contributed by atoms with Crippen LogP contribution in [0.1, 0.15) is 23.6 Å². The molecule has 1 aromatic heterocycles. The van der Waals surface area contributed by atoms with Gasteiger partial charge in [0.1, 0.15) is 0 Å². The van der Waals surface area contributed by atoms with Crippen molar-refractivity contribution in [2.75, 3.05) is 5.73 Å². The first-order valence-electron chi connectivity index (χ1n) is 5.37. The van der Waals surface area contributed by atoms with Crippen molar-refractivity contribution in [3.8, 4) is 11.3 Å². The largest absolute Gasteiger partial charge is 0.375 e. The van der Waals surface area contributed by atoms with Gasteiger partial charge in [-0.15, -0.1) is 11.3 Å². The lowest BCUT2D eigenvalue weighted by Gasteiger charge is -2.01. The van der Waals surface area contributed by atoms with Gasteiger partial charge in [0.2, 0.25) is 0 Å². The molecule has 3 rings (SSSR count). The van der Waals surface area contributed by atoms with E-state index in [4.69, 9.17) is 5.73 Å². The lowest BCUT2D eigenvalue weighted by molar-refractivity contribution is 0.509. The summed E-state index contributed by atoms with van der Waals surface area (Å²) in [6.45, 7) is 0. The van der Waals surface area contributed by atoms with Crippen molar-refractivity contribution in [3.05, 3.63) is 34.7 Å². The summed E-state index contributed by atoms with van der Waals surface area (Å²) < 4.78 is 26.1. The molecule has 0 bridgehead atoms. The smallest absolute Gasteiger partial charge is 0.180 e. The summed E-state index contributed by atoms with van der Waals surface area (Å²) in [5, 5.41) is 0.478. The molecule has 1 saturated carbocycles. The Bertz CT molecular complexity index is 576. The van der Waals surface area contributed by atoms with E-state index in [9.17, 15) is 8.78 Å². The number of aromatic nitrogens is 1. The molecule has 0 amide bonds. The highest BCUT2D eigenvalue weighted by molar-refractivity contribution is 7.16. The van der Waals surface area contributed by atoms with Crippen molar-refractivity contribution in [1.82, 2.24) is 4.98 Å². The van der Waals surface area contributed by atoms with E-state index in [0.717, 1.165) is 23.8 Å². The molecule has 0 saturated heterocycles. The fourth-order valence-electron chi connectivity index (χ4n) is 1.82. The molecule has 88 valence electrons. The summed E-state index contributed by atoms with van der Waals surface area (Å²) in [6.07, 6.45) is 2.25. The van der Waals surface area contributed by atoms with Gasteiger partial charge in [0, 0.05) is 10.4 Å². The number of nitrogens with zero attached hydrogens (tertiary/aromatic N) is 1. The molecule has 1 aromatic carbocycles. The first-order valence-corrected chi connectivity index (χ1v) is 6.18. The van der Waals surface area contributed by atoms with E-state index in [0.29, 0.717) is 22.3 Å². The van der Waals surface area contributed by atoms with Gasteiger partial charge in [0.15, 0.2) is 16.8 Å². The minimum absolute atomic E-state index is 0.478. The van der Waals surface area contributed by atoms with Crippen LogP contribution in [0.3, 0.4) is 0 Å². The molecule has 17 heavy (non-hydrogen) atoms. The van der Waals surface area contributed by atoms with Crippen LogP contribution in [-0.4, -0.2) is 4.98 Å². The normalized spacial score (nSPS) is 15.2. The first kappa shape index (κ1) is 10.7. The van der Waals surface area contributed by atoms with Crippen molar-refractivity contribution >= 4 is 16.5 Å². The molecule has 0 unspecified atom stereocenters. The molecule has 0 aliphatic heterocycles. The zero-order valence-electron chi connectivity index (χ0n) is 8.91. The third kappa shape index (κ3) is 1.91. The molecule has 1 aliphatic rings. The summed E-state index contributed by atoms with van der Waals surface area (Å²) in [7, 11) is 0. The van der Waals surface area contributed by atoms with Gasteiger partial charge in [-0.1, -0.05) is 0 Å². The van der Waals surface area contributed by atoms with Crippen molar-refractivity contribution in [2.24, 2.45) is 0 Å². The Morgan fingerprint density at radius 3 is 2.65 bits per heavy atom. The number of hydrogen-bond acceptors (Lipinski definition) is 3. The molecule has 0 atom stereocenters. The number of thiazole rings is 1. The average Bonchev–Trinajstić information content (AvgIpc) is 3.06. The number of benzene rings is 1. The molecule has 1 heterocycles. The summed E-state index contributed by atoms with van der Waals surface area (Å²) in [5.41, 5.74) is 6.99. The highest BCUT2D eigenvalue weighted by atomic mass is 32.1.